The maximum atomic E-state index is 12.5. The van der Waals surface area contributed by atoms with Gasteiger partial charge in [-0.2, -0.15) is 0 Å². The van der Waals surface area contributed by atoms with Gasteiger partial charge in [0.2, 0.25) is 11.8 Å². The molecule has 4 atom stereocenters. The molecule has 0 spiro atoms. The fraction of sp³-hybridized carbons (Fsp3) is 0.615. The molecular formula is C26H39NO7. The van der Waals surface area contributed by atoms with Crippen LogP contribution in [0.4, 0.5) is 0 Å². The number of aliphatic hydroxyl groups excluding tert-OH is 2. The number of rotatable bonds is 15. The lowest BCUT2D eigenvalue weighted by Gasteiger charge is -2.24. The second-order valence-electron chi connectivity index (χ2n) is 9.20. The number of carbonyl (C=O) groups excluding carboxylic acids is 3. The van der Waals surface area contributed by atoms with Gasteiger partial charge in [0.25, 0.3) is 0 Å². The average molecular weight is 478 g/mol. The number of piperidine rings is 1. The molecule has 34 heavy (non-hydrogen) atoms. The van der Waals surface area contributed by atoms with Crippen molar-refractivity contribution in [2.24, 2.45) is 17.8 Å². The minimum absolute atomic E-state index is 0.0129. The van der Waals surface area contributed by atoms with E-state index in [1.807, 2.05) is 12.2 Å². The van der Waals surface area contributed by atoms with Gasteiger partial charge in [-0.25, -0.2) is 4.79 Å². The molecule has 1 unspecified atom stereocenters. The first kappa shape index (κ1) is 29.5. The molecule has 1 heterocycles. The normalized spacial score (nSPS) is 19.3. The van der Waals surface area contributed by atoms with Gasteiger partial charge in [0.1, 0.15) is 5.78 Å². The number of carbonyl (C=O) groups is 4. The van der Waals surface area contributed by atoms with Crippen LogP contribution >= 0.6 is 0 Å². The number of aliphatic hydroxyl groups is 2. The van der Waals surface area contributed by atoms with E-state index in [0.717, 1.165) is 6.08 Å². The molecule has 4 N–H and O–H groups in total. The van der Waals surface area contributed by atoms with E-state index in [-0.39, 0.29) is 29.4 Å². The van der Waals surface area contributed by atoms with Crippen LogP contribution in [0.15, 0.2) is 36.0 Å². The lowest BCUT2D eigenvalue weighted by Crippen LogP contribution is -2.38. The standard InChI is InChI=1S/C26H39NO7/c1-17(21(28)12-9-10-20-15-23(30)27-24(31)16-20)14-18(2)26(34)19(3)22(29)11-7-5-4-6-8-13-25(32)33/h5,7-8,13-14,17,19-20,22,26,29,34H,4,6,9-12,15-16H2,1-3H3,(H,32,33)(H,27,30,31)/b7-5+,13-8+,18-14+/t17-,19-,22+,26?/m0/s1. The molecule has 1 aliphatic heterocycles. The first-order chi connectivity index (χ1) is 16.0. The van der Waals surface area contributed by atoms with E-state index >= 15 is 0 Å². The van der Waals surface area contributed by atoms with Gasteiger partial charge in [-0.1, -0.05) is 38.2 Å². The lowest BCUT2D eigenvalue weighted by atomic mass is 9.88. The van der Waals surface area contributed by atoms with E-state index in [4.69, 9.17) is 5.11 Å². The lowest BCUT2D eigenvalue weighted by molar-refractivity contribution is -0.135. The average Bonchev–Trinajstić information content (AvgIpc) is 2.76. The summed E-state index contributed by atoms with van der Waals surface area (Å²) in [6, 6.07) is 0. The highest BCUT2D eigenvalue weighted by atomic mass is 16.4. The summed E-state index contributed by atoms with van der Waals surface area (Å²) >= 11 is 0. The van der Waals surface area contributed by atoms with Crippen molar-refractivity contribution in [3.05, 3.63) is 36.0 Å². The number of unbranched alkanes of at least 4 members (excludes halogenated alkanes) is 1. The third-order valence-corrected chi connectivity index (χ3v) is 6.16. The summed E-state index contributed by atoms with van der Waals surface area (Å²) in [6.07, 6.45) is 10.3. The van der Waals surface area contributed by atoms with Crippen LogP contribution in [0.25, 0.3) is 0 Å². The zero-order chi connectivity index (χ0) is 25.7. The Hall–Kier alpha value is -2.58. The molecular weight excluding hydrogens is 438 g/mol. The number of ketones is 1. The van der Waals surface area contributed by atoms with Crippen LogP contribution in [0.5, 0.6) is 0 Å². The van der Waals surface area contributed by atoms with Crippen molar-refractivity contribution in [3.63, 3.8) is 0 Å². The SMILES string of the molecule is C/C(=C\[C@H](C)C(=O)CCCC1CC(=O)NC(=O)C1)C(O)[C@@H](C)[C@H](O)C/C=C/CC/C=C/C(=O)O. The molecule has 8 nitrogen and oxygen atoms in total. The van der Waals surface area contributed by atoms with Gasteiger partial charge in [-0.3, -0.25) is 19.7 Å². The van der Waals surface area contributed by atoms with E-state index in [1.165, 1.54) is 0 Å². The van der Waals surface area contributed by atoms with Crippen molar-refractivity contribution < 1.29 is 34.5 Å². The highest BCUT2D eigenvalue weighted by molar-refractivity contribution is 5.97. The number of Topliss-reactive ketones (excluding diaryl/α,β-unsaturated/α-hetero) is 1. The molecule has 0 aliphatic carbocycles. The molecule has 0 aromatic carbocycles. The van der Waals surface area contributed by atoms with E-state index in [1.54, 1.807) is 32.9 Å². The minimum Gasteiger partial charge on any atom is -0.478 e. The smallest absolute Gasteiger partial charge is 0.327 e. The quantitative estimate of drug-likeness (QED) is 0.123. The maximum Gasteiger partial charge on any atom is 0.327 e. The van der Waals surface area contributed by atoms with Crippen molar-refractivity contribution in [1.82, 2.24) is 5.32 Å². The maximum absolute atomic E-state index is 12.5. The molecule has 1 rings (SSSR count). The number of imide groups is 1. The van der Waals surface area contributed by atoms with Crippen LogP contribution < -0.4 is 5.32 Å². The summed E-state index contributed by atoms with van der Waals surface area (Å²) in [7, 11) is 0. The van der Waals surface area contributed by atoms with Gasteiger partial charge in [0.05, 0.1) is 12.2 Å². The topological polar surface area (TPSA) is 141 Å². The van der Waals surface area contributed by atoms with Gasteiger partial charge in [0.15, 0.2) is 0 Å². The third-order valence-electron chi connectivity index (χ3n) is 6.16. The summed E-state index contributed by atoms with van der Waals surface area (Å²) < 4.78 is 0. The monoisotopic (exact) mass is 477 g/mol. The molecule has 2 amide bonds. The highest BCUT2D eigenvalue weighted by Gasteiger charge is 2.26. The number of aliphatic carboxylic acids is 1. The van der Waals surface area contributed by atoms with Crippen molar-refractivity contribution >= 4 is 23.6 Å². The van der Waals surface area contributed by atoms with Crippen LogP contribution in [-0.4, -0.2) is 51.1 Å². The molecule has 0 saturated carbocycles. The van der Waals surface area contributed by atoms with Crippen molar-refractivity contribution in [2.75, 3.05) is 0 Å². The minimum atomic E-state index is -0.978. The number of amides is 2. The summed E-state index contributed by atoms with van der Waals surface area (Å²) in [4.78, 5) is 45.8. The third kappa shape index (κ3) is 11.5. The number of carboxylic acids is 1. The molecule has 0 aromatic rings. The Morgan fingerprint density at radius 1 is 1.06 bits per heavy atom. The number of nitrogens with one attached hydrogen (secondary N) is 1. The fourth-order valence-corrected chi connectivity index (χ4v) is 4.01. The van der Waals surface area contributed by atoms with Crippen LogP contribution in [0, 0.1) is 17.8 Å². The second kappa shape index (κ2) is 15.3. The number of allylic oxidation sites excluding steroid dienone is 3. The molecule has 1 aliphatic rings. The first-order valence-electron chi connectivity index (χ1n) is 12.0. The van der Waals surface area contributed by atoms with E-state index < -0.39 is 24.1 Å². The molecule has 0 aromatic heterocycles. The zero-order valence-corrected chi connectivity index (χ0v) is 20.4. The summed E-state index contributed by atoms with van der Waals surface area (Å²) in [5.41, 5.74) is 0.629. The number of hydrogen-bond acceptors (Lipinski definition) is 6. The van der Waals surface area contributed by atoms with E-state index in [0.29, 0.717) is 56.9 Å². The summed E-state index contributed by atoms with van der Waals surface area (Å²) in [5, 5.41) is 31.8. The Kier molecular flexibility index (Phi) is 13.3. The molecule has 8 heteroatoms. The molecule has 1 fully saturated rings. The molecule has 0 bridgehead atoms. The highest BCUT2D eigenvalue weighted by Crippen LogP contribution is 2.23. The van der Waals surface area contributed by atoms with Crippen LogP contribution in [-0.2, 0) is 19.2 Å². The Morgan fingerprint density at radius 2 is 1.68 bits per heavy atom. The van der Waals surface area contributed by atoms with Gasteiger partial charge in [-0.05, 0) is 50.5 Å². The van der Waals surface area contributed by atoms with Crippen LogP contribution in [0.3, 0.4) is 0 Å². The van der Waals surface area contributed by atoms with E-state index in [9.17, 15) is 29.4 Å². The van der Waals surface area contributed by atoms with Gasteiger partial charge < -0.3 is 15.3 Å². The van der Waals surface area contributed by atoms with Gasteiger partial charge >= 0.3 is 5.97 Å². The second-order valence-corrected chi connectivity index (χ2v) is 9.20. The molecule has 1 saturated heterocycles. The molecule has 0 radical (unpaired) electrons. The van der Waals surface area contributed by atoms with Crippen LogP contribution in [0.1, 0.15) is 72.1 Å². The Bertz CT molecular complexity index is 783. The van der Waals surface area contributed by atoms with Gasteiger partial charge in [-0.15, -0.1) is 0 Å². The number of hydrogen-bond donors (Lipinski definition) is 4. The fourth-order valence-electron chi connectivity index (χ4n) is 4.01. The number of carboxylic acid groups (broad SMARTS) is 1. The first-order valence-corrected chi connectivity index (χ1v) is 12.0. The van der Waals surface area contributed by atoms with Crippen molar-refractivity contribution in [3.8, 4) is 0 Å². The Balaban J connectivity index is 2.42. The Labute approximate surface area is 201 Å². The largest absolute Gasteiger partial charge is 0.478 e. The predicted molar refractivity (Wildman–Crippen MR) is 129 cm³/mol. The summed E-state index contributed by atoms with van der Waals surface area (Å²) in [6.45, 7) is 5.28. The predicted octanol–water partition coefficient (Wildman–Crippen LogP) is 3.09. The van der Waals surface area contributed by atoms with Gasteiger partial charge in [0, 0.05) is 37.2 Å². The zero-order valence-electron chi connectivity index (χ0n) is 20.4. The Morgan fingerprint density at radius 3 is 2.29 bits per heavy atom. The van der Waals surface area contributed by atoms with E-state index in [2.05, 4.69) is 5.32 Å². The van der Waals surface area contributed by atoms with Crippen LogP contribution in [0.2, 0.25) is 0 Å². The summed E-state index contributed by atoms with van der Waals surface area (Å²) in [5.74, 6) is -2.28. The van der Waals surface area contributed by atoms with Crippen molar-refractivity contribution in [2.45, 2.75) is 84.3 Å². The molecule has 190 valence electrons. The van der Waals surface area contributed by atoms with Crippen molar-refractivity contribution in [1.29, 1.82) is 0 Å².